The van der Waals surface area contributed by atoms with E-state index in [1.54, 1.807) is 33.5 Å². The van der Waals surface area contributed by atoms with Gasteiger partial charge in [-0.1, -0.05) is 31.2 Å². The molecule has 9 heteroatoms. The Morgan fingerprint density at radius 2 is 1.64 bits per heavy atom. The van der Waals surface area contributed by atoms with E-state index in [1.165, 1.54) is 0 Å². The number of thioether (sulfide) groups is 1. The number of benzene rings is 1. The number of carbonyl (C=O) groups excluding carboxylic acids is 3. The van der Waals surface area contributed by atoms with E-state index < -0.39 is 33.4 Å². The van der Waals surface area contributed by atoms with E-state index in [4.69, 9.17) is 0 Å². The summed E-state index contributed by atoms with van der Waals surface area (Å²) in [5, 5.41) is 10.3. The minimum atomic E-state index is -0.912. The van der Waals surface area contributed by atoms with Crippen LogP contribution in [-0.2, 0) is 14.4 Å². The zero-order chi connectivity index (χ0) is 28.1. The molecule has 3 amide bonds. The fourth-order valence-corrected chi connectivity index (χ4v) is 9.20. The van der Waals surface area contributed by atoms with Crippen LogP contribution in [0.2, 0.25) is 0 Å². The molecule has 5 rings (SSSR count). The molecule has 39 heavy (non-hydrogen) atoms. The van der Waals surface area contributed by atoms with Gasteiger partial charge in [-0.15, -0.1) is 11.8 Å². The van der Waals surface area contributed by atoms with Gasteiger partial charge in [0.1, 0.15) is 6.04 Å². The van der Waals surface area contributed by atoms with Crippen LogP contribution in [0.1, 0.15) is 34.1 Å². The number of fused-ring (bicyclic) bond motifs is 2. The van der Waals surface area contributed by atoms with Gasteiger partial charge in [-0.3, -0.25) is 14.4 Å². The molecular weight excluding hydrogens is 512 g/mol. The fourth-order valence-electron chi connectivity index (χ4n) is 7.05. The van der Waals surface area contributed by atoms with Crippen molar-refractivity contribution in [3.05, 3.63) is 48.6 Å². The van der Waals surface area contributed by atoms with Gasteiger partial charge in [0.05, 0.1) is 29.2 Å². The van der Waals surface area contributed by atoms with Gasteiger partial charge in [0.2, 0.25) is 11.8 Å². The highest BCUT2D eigenvalue weighted by molar-refractivity contribution is 8.02. The number of aliphatic hydroxyl groups excluding tert-OH is 1. The molecule has 0 bridgehead atoms. The summed E-state index contributed by atoms with van der Waals surface area (Å²) in [5.74, 6) is -1.75. The van der Waals surface area contributed by atoms with E-state index in [0.29, 0.717) is 19.5 Å². The number of rotatable bonds is 7. The molecule has 210 valence electrons. The first kappa shape index (κ1) is 27.8. The van der Waals surface area contributed by atoms with E-state index >= 15 is 0 Å². The number of likely N-dealkylation sites (N-methyl/N-ethyl adjacent to an activating group) is 1. The van der Waals surface area contributed by atoms with Crippen LogP contribution in [0.3, 0.4) is 0 Å². The summed E-state index contributed by atoms with van der Waals surface area (Å²) < 4.78 is -1.54. The first-order valence-corrected chi connectivity index (χ1v) is 14.9. The van der Waals surface area contributed by atoms with E-state index in [1.807, 2.05) is 56.3 Å². The van der Waals surface area contributed by atoms with Crippen LogP contribution in [0.4, 0.5) is 11.4 Å². The molecule has 8 nitrogen and oxygen atoms in total. The van der Waals surface area contributed by atoms with Crippen LogP contribution in [-0.4, -0.2) is 94.0 Å². The highest BCUT2D eigenvalue weighted by atomic mass is 32.2. The lowest BCUT2D eigenvalue weighted by molar-refractivity contribution is -0.144. The Morgan fingerprint density at radius 3 is 2.26 bits per heavy atom. The topological polar surface area (TPSA) is 84.4 Å². The molecule has 1 aromatic carbocycles. The van der Waals surface area contributed by atoms with Crippen LogP contribution in [0, 0.1) is 11.8 Å². The summed E-state index contributed by atoms with van der Waals surface area (Å²) in [5.41, 5.74) is 1.86. The lowest BCUT2D eigenvalue weighted by Gasteiger charge is -2.39. The Kier molecular flexibility index (Phi) is 7.35. The average Bonchev–Trinajstić information content (AvgIpc) is 3.21. The van der Waals surface area contributed by atoms with Crippen molar-refractivity contribution in [3.63, 3.8) is 0 Å². The summed E-state index contributed by atoms with van der Waals surface area (Å²) in [6.45, 7) is 10.6. The second kappa shape index (κ2) is 10.3. The molecule has 1 aromatic rings. The van der Waals surface area contributed by atoms with Crippen molar-refractivity contribution in [1.82, 2.24) is 9.80 Å². The minimum absolute atomic E-state index is 0.0724. The summed E-state index contributed by atoms with van der Waals surface area (Å²) in [4.78, 5) is 50.0. The van der Waals surface area contributed by atoms with Crippen molar-refractivity contribution in [2.24, 2.45) is 11.8 Å². The zero-order valence-electron chi connectivity index (χ0n) is 23.5. The number of hydrogen-bond donors (Lipinski definition) is 1. The monoisotopic (exact) mass is 552 g/mol. The van der Waals surface area contributed by atoms with Crippen LogP contribution in [0.5, 0.6) is 0 Å². The molecule has 4 aliphatic heterocycles. The molecule has 2 saturated heterocycles. The number of aliphatic hydroxyl groups is 1. The lowest BCUT2D eigenvalue weighted by atomic mass is 9.74. The molecule has 0 radical (unpaired) electrons. The zero-order valence-corrected chi connectivity index (χ0v) is 24.4. The highest BCUT2D eigenvalue weighted by Gasteiger charge is 2.74. The average molecular weight is 553 g/mol. The third-order valence-electron chi connectivity index (χ3n) is 9.06. The number of hydrogen-bond acceptors (Lipinski definition) is 6. The maximum atomic E-state index is 14.6. The maximum Gasteiger partial charge on any atom is 0.251 e. The van der Waals surface area contributed by atoms with Crippen LogP contribution in [0.15, 0.2) is 48.6 Å². The standard InChI is InChI=1S/C30H40N4O4S/c1-6-20(19-35)34-25-28(38)33(22-13-11-21(12-14-22)32(7-2)8-3)18-10-16-30(25)24(27(34)37)23-26(36)31(5)17-9-15-29(23,4)39-30/h9-16,20,23-25,35H,6-8,17-19H2,1-5H3/t20-,23-,24-,25?,29+,30-/m0/s1. The lowest BCUT2D eigenvalue weighted by Crippen LogP contribution is -2.56. The third-order valence-corrected chi connectivity index (χ3v) is 10.9. The van der Waals surface area contributed by atoms with E-state index in [-0.39, 0.29) is 24.3 Å². The number of amides is 3. The van der Waals surface area contributed by atoms with Crippen LogP contribution < -0.4 is 9.80 Å². The van der Waals surface area contributed by atoms with Gasteiger partial charge in [0.25, 0.3) is 5.91 Å². The molecule has 4 heterocycles. The molecule has 4 aliphatic rings. The number of carbonyl (C=O) groups is 3. The predicted molar refractivity (Wildman–Crippen MR) is 156 cm³/mol. The Morgan fingerprint density at radius 1 is 0.974 bits per heavy atom. The second-order valence-electron chi connectivity index (χ2n) is 11.1. The molecule has 1 N–H and O–H groups in total. The quantitative estimate of drug-likeness (QED) is 0.524. The number of nitrogens with zero attached hydrogens (tertiary/aromatic N) is 4. The Labute approximate surface area is 235 Å². The smallest absolute Gasteiger partial charge is 0.251 e. The maximum absolute atomic E-state index is 14.6. The molecule has 0 aromatic heterocycles. The fraction of sp³-hybridized carbons (Fsp3) is 0.567. The minimum Gasteiger partial charge on any atom is -0.394 e. The van der Waals surface area contributed by atoms with Crippen LogP contribution >= 0.6 is 11.8 Å². The van der Waals surface area contributed by atoms with E-state index in [2.05, 4.69) is 24.8 Å². The molecule has 0 saturated carbocycles. The molecular formula is C30H40N4O4S. The first-order valence-electron chi connectivity index (χ1n) is 14.1. The second-order valence-corrected chi connectivity index (χ2v) is 12.9. The Balaban J connectivity index is 1.61. The Hall–Kier alpha value is -2.78. The molecule has 1 unspecified atom stereocenters. The summed E-state index contributed by atoms with van der Waals surface area (Å²) >= 11 is 1.57. The predicted octanol–water partition coefficient (Wildman–Crippen LogP) is 2.92. The molecule has 2 fully saturated rings. The highest BCUT2D eigenvalue weighted by Crippen LogP contribution is 2.65. The van der Waals surface area contributed by atoms with Crippen molar-refractivity contribution in [3.8, 4) is 0 Å². The Bertz CT molecular complexity index is 1190. The van der Waals surface area contributed by atoms with Gasteiger partial charge in [-0.2, -0.15) is 0 Å². The van der Waals surface area contributed by atoms with Gasteiger partial charge in [-0.25, -0.2) is 0 Å². The summed E-state index contributed by atoms with van der Waals surface area (Å²) in [6.07, 6.45) is 8.57. The molecule has 6 atom stereocenters. The van der Waals surface area contributed by atoms with E-state index in [0.717, 1.165) is 24.5 Å². The number of anilines is 2. The number of likely N-dealkylation sites (tertiary alicyclic amines) is 1. The third kappa shape index (κ3) is 4.11. The van der Waals surface area contributed by atoms with Crippen molar-refractivity contribution in [1.29, 1.82) is 0 Å². The van der Waals surface area contributed by atoms with E-state index in [9.17, 15) is 19.5 Å². The van der Waals surface area contributed by atoms with Gasteiger partial charge < -0.3 is 24.7 Å². The van der Waals surface area contributed by atoms with Crippen molar-refractivity contribution >= 4 is 40.9 Å². The van der Waals surface area contributed by atoms with Gasteiger partial charge in [0, 0.05) is 49.3 Å². The normalized spacial score (nSPS) is 32.6. The SMILES string of the molecule is CC[C@@H](CO)N1C(=O)[C@@H]2[C@H]3C(=O)N(C)CC=C[C@@]3(C)S[C@@]23C=CCN(c2ccc(N(CC)CC)cc2)C(=O)C13. The van der Waals surface area contributed by atoms with Gasteiger partial charge >= 0.3 is 0 Å². The van der Waals surface area contributed by atoms with Crippen molar-refractivity contribution < 1.29 is 19.5 Å². The van der Waals surface area contributed by atoms with Gasteiger partial charge in [-0.05, 0) is 51.5 Å². The largest absolute Gasteiger partial charge is 0.394 e. The summed E-state index contributed by atoms with van der Waals surface area (Å²) in [7, 11) is 1.77. The molecule has 1 spiro atoms. The first-order chi connectivity index (χ1) is 18.7. The van der Waals surface area contributed by atoms with Crippen LogP contribution in [0.25, 0.3) is 0 Å². The molecule has 0 aliphatic carbocycles. The van der Waals surface area contributed by atoms with Crippen molar-refractivity contribution in [2.45, 2.75) is 55.7 Å². The van der Waals surface area contributed by atoms with Crippen molar-refractivity contribution in [2.75, 3.05) is 49.6 Å². The summed E-state index contributed by atoms with van der Waals surface area (Å²) in [6, 6.07) is 6.67. The van der Waals surface area contributed by atoms with Gasteiger partial charge in [0.15, 0.2) is 0 Å².